The summed E-state index contributed by atoms with van der Waals surface area (Å²) in [6, 6.07) is 3.47. The highest BCUT2D eigenvalue weighted by Crippen LogP contribution is 2.21. The number of hydrogen-bond donors (Lipinski definition) is 2. The van der Waals surface area contributed by atoms with E-state index in [-0.39, 0.29) is 17.7 Å². The highest BCUT2D eigenvalue weighted by molar-refractivity contribution is 5.94. The van der Waals surface area contributed by atoms with E-state index in [0.717, 1.165) is 12.1 Å². The van der Waals surface area contributed by atoms with E-state index in [4.69, 9.17) is 4.52 Å². The Bertz CT molecular complexity index is 728. The molecule has 1 aliphatic heterocycles. The van der Waals surface area contributed by atoms with Crippen molar-refractivity contribution in [3.8, 4) is 0 Å². The lowest BCUT2D eigenvalue weighted by atomic mass is 9.95. The monoisotopic (exact) mass is 331 g/mol. The van der Waals surface area contributed by atoms with Crippen LogP contribution in [0.15, 0.2) is 16.7 Å². The fourth-order valence-electron chi connectivity index (χ4n) is 2.81. The number of rotatable bonds is 4. The summed E-state index contributed by atoms with van der Waals surface area (Å²) < 4.78 is 4.93. The number of hydrogen-bond acceptors (Lipinski definition) is 5. The number of carbonyl (C=O) groups is 2. The maximum atomic E-state index is 12.4. The molecule has 8 heteroatoms. The van der Waals surface area contributed by atoms with Gasteiger partial charge >= 0.3 is 0 Å². The zero-order chi connectivity index (χ0) is 17.1. The number of aryl methyl sites for hydroxylation is 2. The van der Waals surface area contributed by atoms with Crippen LogP contribution < -0.4 is 5.32 Å². The third-order valence-corrected chi connectivity index (χ3v) is 4.26. The van der Waals surface area contributed by atoms with Crippen LogP contribution in [0.3, 0.4) is 0 Å². The molecular formula is C16H21N5O3. The van der Waals surface area contributed by atoms with Crippen molar-refractivity contribution < 1.29 is 14.1 Å². The van der Waals surface area contributed by atoms with Gasteiger partial charge in [0.25, 0.3) is 5.91 Å². The predicted octanol–water partition coefficient (Wildman–Crippen LogP) is 1.76. The topological polar surface area (TPSA) is 104 Å². The van der Waals surface area contributed by atoms with Crippen molar-refractivity contribution in [2.24, 2.45) is 5.92 Å². The molecular weight excluding hydrogens is 310 g/mol. The van der Waals surface area contributed by atoms with Gasteiger partial charge in [-0.25, -0.2) is 0 Å². The summed E-state index contributed by atoms with van der Waals surface area (Å²) in [5.41, 5.74) is 1.38. The molecule has 1 fully saturated rings. The van der Waals surface area contributed by atoms with Crippen molar-refractivity contribution in [2.75, 3.05) is 18.4 Å². The van der Waals surface area contributed by atoms with Gasteiger partial charge in [-0.3, -0.25) is 14.7 Å². The van der Waals surface area contributed by atoms with Crippen LogP contribution >= 0.6 is 0 Å². The van der Waals surface area contributed by atoms with E-state index in [1.165, 1.54) is 0 Å². The Morgan fingerprint density at radius 3 is 2.71 bits per heavy atom. The van der Waals surface area contributed by atoms with Gasteiger partial charge in [-0.15, -0.1) is 0 Å². The number of aromatic nitrogens is 3. The molecule has 0 aliphatic carbocycles. The third-order valence-electron chi connectivity index (χ3n) is 4.26. The fourth-order valence-corrected chi connectivity index (χ4v) is 2.81. The lowest BCUT2D eigenvalue weighted by Crippen LogP contribution is -2.41. The van der Waals surface area contributed by atoms with Gasteiger partial charge in [0.1, 0.15) is 11.5 Å². The minimum absolute atomic E-state index is 0.0802. The van der Waals surface area contributed by atoms with Crippen LogP contribution in [0.5, 0.6) is 0 Å². The number of aromatic amines is 1. The van der Waals surface area contributed by atoms with E-state index in [1.807, 2.05) is 6.92 Å². The Kier molecular flexibility index (Phi) is 4.64. The second-order valence-electron chi connectivity index (χ2n) is 6.01. The van der Waals surface area contributed by atoms with Crippen LogP contribution in [0.25, 0.3) is 0 Å². The first kappa shape index (κ1) is 16.2. The molecule has 0 bridgehead atoms. The molecule has 1 saturated heterocycles. The predicted molar refractivity (Wildman–Crippen MR) is 86.5 cm³/mol. The van der Waals surface area contributed by atoms with Crippen LogP contribution in [-0.2, 0) is 11.2 Å². The molecule has 0 saturated carbocycles. The summed E-state index contributed by atoms with van der Waals surface area (Å²) in [5.74, 6) is 0.785. The molecule has 3 rings (SSSR count). The van der Waals surface area contributed by atoms with Crippen molar-refractivity contribution in [3.63, 3.8) is 0 Å². The first-order valence-electron chi connectivity index (χ1n) is 8.14. The van der Waals surface area contributed by atoms with Gasteiger partial charge in [-0.2, -0.15) is 5.10 Å². The standard InChI is InChI=1S/C16H21N5O3/c1-3-12-9-13(19-18-12)16(23)21-6-4-11(5-7-21)15(22)17-14-8-10(2)24-20-14/h8-9,11H,3-7H2,1-2H3,(H,18,19)(H,17,20,22). The maximum absolute atomic E-state index is 12.4. The van der Waals surface area contributed by atoms with Gasteiger partial charge < -0.3 is 14.7 Å². The SMILES string of the molecule is CCc1cc(C(=O)N2CCC(C(=O)Nc3cc(C)on3)CC2)n[nH]1. The highest BCUT2D eigenvalue weighted by atomic mass is 16.5. The van der Waals surface area contributed by atoms with Gasteiger partial charge in [0.2, 0.25) is 5.91 Å². The first-order chi connectivity index (χ1) is 11.6. The number of nitrogens with zero attached hydrogens (tertiary/aromatic N) is 3. The van der Waals surface area contributed by atoms with Crippen molar-refractivity contribution in [1.82, 2.24) is 20.3 Å². The molecule has 0 unspecified atom stereocenters. The lowest BCUT2D eigenvalue weighted by Gasteiger charge is -2.30. The molecule has 3 heterocycles. The summed E-state index contributed by atoms with van der Waals surface area (Å²) in [7, 11) is 0. The number of anilines is 1. The maximum Gasteiger partial charge on any atom is 0.274 e. The molecule has 2 amide bonds. The Hall–Kier alpha value is -2.64. The molecule has 128 valence electrons. The van der Waals surface area contributed by atoms with Gasteiger partial charge in [0, 0.05) is 30.8 Å². The molecule has 0 spiro atoms. The Balaban J connectivity index is 1.53. The number of nitrogens with one attached hydrogen (secondary N) is 2. The number of likely N-dealkylation sites (tertiary alicyclic amines) is 1. The van der Waals surface area contributed by atoms with E-state index < -0.39 is 0 Å². The smallest absolute Gasteiger partial charge is 0.274 e. The van der Waals surface area contributed by atoms with Gasteiger partial charge in [-0.05, 0) is 32.3 Å². The quantitative estimate of drug-likeness (QED) is 0.888. The normalized spacial score (nSPS) is 15.5. The van der Waals surface area contributed by atoms with Crippen LogP contribution in [0, 0.1) is 12.8 Å². The molecule has 2 aromatic heterocycles. The molecule has 1 aliphatic rings. The average Bonchev–Trinajstić information content (AvgIpc) is 3.23. The third kappa shape index (κ3) is 3.47. The van der Waals surface area contributed by atoms with E-state index in [1.54, 1.807) is 24.0 Å². The summed E-state index contributed by atoms with van der Waals surface area (Å²) >= 11 is 0. The zero-order valence-electron chi connectivity index (χ0n) is 13.8. The molecule has 2 aromatic rings. The minimum atomic E-state index is -0.128. The summed E-state index contributed by atoms with van der Waals surface area (Å²) in [5, 5.41) is 13.4. The van der Waals surface area contributed by atoms with Crippen LogP contribution in [-0.4, -0.2) is 45.2 Å². The molecule has 2 N–H and O–H groups in total. The minimum Gasteiger partial charge on any atom is -0.360 e. The Labute approximate surface area is 139 Å². The number of amides is 2. The van der Waals surface area contributed by atoms with Crippen LogP contribution in [0.4, 0.5) is 5.82 Å². The largest absolute Gasteiger partial charge is 0.360 e. The Morgan fingerprint density at radius 1 is 1.38 bits per heavy atom. The zero-order valence-corrected chi connectivity index (χ0v) is 13.8. The Morgan fingerprint density at radius 2 is 2.12 bits per heavy atom. The van der Waals surface area contributed by atoms with Gasteiger partial charge in [0.05, 0.1) is 0 Å². The number of piperidine rings is 1. The van der Waals surface area contributed by atoms with E-state index in [2.05, 4.69) is 20.7 Å². The van der Waals surface area contributed by atoms with Crippen molar-refractivity contribution in [3.05, 3.63) is 29.3 Å². The second-order valence-corrected chi connectivity index (χ2v) is 6.01. The summed E-state index contributed by atoms with van der Waals surface area (Å²) in [6.45, 7) is 4.86. The van der Waals surface area contributed by atoms with Crippen molar-refractivity contribution in [1.29, 1.82) is 0 Å². The molecule has 0 radical (unpaired) electrons. The van der Waals surface area contributed by atoms with Crippen LogP contribution in [0.1, 0.15) is 41.7 Å². The lowest BCUT2D eigenvalue weighted by molar-refractivity contribution is -0.121. The fraction of sp³-hybridized carbons (Fsp3) is 0.500. The highest BCUT2D eigenvalue weighted by Gasteiger charge is 2.29. The van der Waals surface area contributed by atoms with Crippen molar-refractivity contribution in [2.45, 2.75) is 33.1 Å². The second kappa shape index (κ2) is 6.86. The summed E-state index contributed by atoms with van der Waals surface area (Å²) in [6.07, 6.45) is 2.06. The number of H-pyrrole nitrogens is 1. The first-order valence-corrected chi connectivity index (χ1v) is 8.14. The number of carbonyl (C=O) groups excluding carboxylic acids is 2. The van der Waals surface area contributed by atoms with Gasteiger partial charge in [0.15, 0.2) is 5.82 Å². The molecule has 8 nitrogen and oxygen atoms in total. The van der Waals surface area contributed by atoms with E-state index in [9.17, 15) is 9.59 Å². The van der Waals surface area contributed by atoms with Crippen molar-refractivity contribution >= 4 is 17.6 Å². The molecule has 0 aromatic carbocycles. The molecule has 24 heavy (non-hydrogen) atoms. The van der Waals surface area contributed by atoms with Gasteiger partial charge in [-0.1, -0.05) is 12.1 Å². The average molecular weight is 331 g/mol. The van der Waals surface area contributed by atoms with Crippen LogP contribution in [0.2, 0.25) is 0 Å². The molecule has 0 atom stereocenters. The van der Waals surface area contributed by atoms with E-state index >= 15 is 0 Å². The van der Waals surface area contributed by atoms with E-state index in [0.29, 0.717) is 43.2 Å². The summed E-state index contributed by atoms with van der Waals surface area (Å²) in [4.78, 5) is 26.4.